The summed E-state index contributed by atoms with van der Waals surface area (Å²) in [5.74, 6) is 0.602. The van der Waals surface area contributed by atoms with Gasteiger partial charge in [0.2, 0.25) is 0 Å². The van der Waals surface area contributed by atoms with E-state index in [0.29, 0.717) is 11.3 Å². The summed E-state index contributed by atoms with van der Waals surface area (Å²) in [5.41, 5.74) is 6.61. The number of hydrogen-bond acceptors (Lipinski definition) is 2. The van der Waals surface area contributed by atoms with Gasteiger partial charge in [-0.25, -0.2) is 0 Å². The lowest BCUT2D eigenvalue weighted by Gasteiger charge is -2.56. The highest BCUT2D eigenvalue weighted by Crippen LogP contribution is 2.59. The monoisotopic (exact) mass is 216 g/mol. The van der Waals surface area contributed by atoms with Gasteiger partial charge in [-0.3, -0.25) is 4.79 Å². The number of allylic oxidation sites excluding steroid dienone is 3. The second kappa shape index (κ2) is 3.48. The smallest absolute Gasteiger partial charge is 0.259 e. The van der Waals surface area contributed by atoms with Crippen molar-refractivity contribution in [3.8, 4) is 6.07 Å². The number of nitrogens with two attached hydrogens (primary N) is 1. The molecule has 0 aromatic rings. The minimum atomic E-state index is -0.636. The number of carbonyl (C=O) groups is 1. The molecule has 3 nitrogen and oxygen atoms in total. The summed E-state index contributed by atoms with van der Waals surface area (Å²) in [5, 5.41) is 8.81. The molecule has 16 heavy (non-hydrogen) atoms. The molecule has 0 unspecified atom stereocenters. The highest BCUT2D eigenvalue weighted by Gasteiger charge is 2.50. The van der Waals surface area contributed by atoms with Gasteiger partial charge in [-0.05, 0) is 41.7 Å². The van der Waals surface area contributed by atoms with Gasteiger partial charge >= 0.3 is 0 Å². The SMILES string of the molecule is CC1(C)[C@H]2CC=C(/C=C(\C#N)C(N)=O)[C@H]1C2. The van der Waals surface area contributed by atoms with E-state index >= 15 is 0 Å². The van der Waals surface area contributed by atoms with E-state index in [1.807, 2.05) is 6.07 Å². The minimum absolute atomic E-state index is 0.0624. The molecule has 2 bridgehead atoms. The number of amides is 1. The summed E-state index contributed by atoms with van der Waals surface area (Å²) in [4.78, 5) is 11.0. The fourth-order valence-electron chi connectivity index (χ4n) is 2.89. The van der Waals surface area contributed by atoms with Crippen molar-refractivity contribution < 1.29 is 4.79 Å². The lowest BCUT2D eigenvalue weighted by molar-refractivity contribution is -0.114. The fraction of sp³-hybridized carbons (Fsp3) is 0.538. The lowest BCUT2D eigenvalue weighted by atomic mass is 9.49. The van der Waals surface area contributed by atoms with Crippen LogP contribution in [-0.4, -0.2) is 5.91 Å². The molecule has 3 aliphatic rings. The van der Waals surface area contributed by atoms with Gasteiger partial charge in [0.1, 0.15) is 11.6 Å². The van der Waals surface area contributed by atoms with Crippen LogP contribution in [0.15, 0.2) is 23.3 Å². The van der Waals surface area contributed by atoms with E-state index in [-0.39, 0.29) is 5.57 Å². The van der Waals surface area contributed by atoms with E-state index in [9.17, 15) is 4.79 Å². The van der Waals surface area contributed by atoms with Gasteiger partial charge < -0.3 is 5.73 Å². The summed E-state index contributed by atoms with van der Waals surface area (Å²) in [6, 6.07) is 1.86. The van der Waals surface area contributed by atoms with E-state index in [2.05, 4.69) is 19.9 Å². The topological polar surface area (TPSA) is 66.9 Å². The van der Waals surface area contributed by atoms with Crippen molar-refractivity contribution in [3.05, 3.63) is 23.3 Å². The summed E-state index contributed by atoms with van der Waals surface area (Å²) >= 11 is 0. The Morgan fingerprint density at radius 1 is 1.69 bits per heavy atom. The molecule has 3 aliphatic carbocycles. The van der Waals surface area contributed by atoms with Crippen molar-refractivity contribution in [2.24, 2.45) is 23.0 Å². The first-order chi connectivity index (χ1) is 7.46. The normalized spacial score (nSPS) is 31.1. The van der Waals surface area contributed by atoms with E-state index in [1.165, 1.54) is 6.42 Å². The van der Waals surface area contributed by atoms with E-state index < -0.39 is 5.91 Å². The quantitative estimate of drug-likeness (QED) is 0.566. The Morgan fingerprint density at radius 2 is 2.38 bits per heavy atom. The van der Waals surface area contributed by atoms with Crippen molar-refractivity contribution in [3.63, 3.8) is 0 Å². The van der Waals surface area contributed by atoms with Crippen LogP contribution >= 0.6 is 0 Å². The zero-order valence-corrected chi connectivity index (χ0v) is 9.66. The second-order valence-corrected chi connectivity index (χ2v) is 5.28. The van der Waals surface area contributed by atoms with Crippen molar-refractivity contribution in [2.75, 3.05) is 0 Å². The van der Waals surface area contributed by atoms with Crippen LogP contribution in [0.3, 0.4) is 0 Å². The highest BCUT2D eigenvalue weighted by molar-refractivity contribution is 5.96. The predicted octanol–water partition coefficient (Wildman–Crippen LogP) is 1.91. The van der Waals surface area contributed by atoms with Gasteiger partial charge in [-0.1, -0.05) is 19.9 Å². The van der Waals surface area contributed by atoms with Crippen molar-refractivity contribution in [1.29, 1.82) is 5.26 Å². The molecule has 3 rings (SSSR count). The van der Waals surface area contributed by atoms with Gasteiger partial charge in [0.05, 0.1) is 0 Å². The van der Waals surface area contributed by atoms with E-state index in [0.717, 1.165) is 17.9 Å². The molecular formula is C13H16N2O. The zero-order chi connectivity index (χ0) is 11.9. The third-order valence-electron chi connectivity index (χ3n) is 4.21. The summed E-state index contributed by atoms with van der Waals surface area (Å²) in [6.45, 7) is 4.51. The Morgan fingerprint density at radius 3 is 2.81 bits per heavy atom. The molecule has 0 aliphatic heterocycles. The third-order valence-corrected chi connectivity index (χ3v) is 4.21. The first-order valence-corrected chi connectivity index (χ1v) is 5.58. The molecule has 0 saturated heterocycles. The van der Waals surface area contributed by atoms with Gasteiger partial charge in [0.15, 0.2) is 0 Å². The van der Waals surface area contributed by atoms with Crippen LogP contribution in [-0.2, 0) is 4.79 Å². The number of nitriles is 1. The molecule has 84 valence electrons. The minimum Gasteiger partial charge on any atom is -0.365 e. The number of nitrogens with zero attached hydrogens (tertiary/aromatic N) is 1. The van der Waals surface area contributed by atoms with Crippen LogP contribution in [0.1, 0.15) is 26.7 Å². The molecule has 1 saturated carbocycles. The Labute approximate surface area is 95.6 Å². The molecule has 0 radical (unpaired) electrons. The number of fused-ring (bicyclic) bond motifs is 1. The van der Waals surface area contributed by atoms with E-state index in [1.54, 1.807) is 6.08 Å². The van der Waals surface area contributed by atoms with Gasteiger partial charge in [0, 0.05) is 0 Å². The first-order valence-electron chi connectivity index (χ1n) is 5.58. The van der Waals surface area contributed by atoms with Gasteiger partial charge in [-0.15, -0.1) is 0 Å². The fourth-order valence-corrected chi connectivity index (χ4v) is 2.89. The second-order valence-electron chi connectivity index (χ2n) is 5.28. The summed E-state index contributed by atoms with van der Waals surface area (Å²) < 4.78 is 0. The maximum absolute atomic E-state index is 11.0. The largest absolute Gasteiger partial charge is 0.365 e. The number of hydrogen-bond donors (Lipinski definition) is 1. The van der Waals surface area contributed by atoms with Crippen LogP contribution in [0.2, 0.25) is 0 Å². The Balaban J connectivity index is 2.28. The number of primary amides is 1. The third kappa shape index (κ3) is 1.46. The van der Waals surface area contributed by atoms with Crippen molar-refractivity contribution >= 4 is 5.91 Å². The number of carbonyl (C=O) groups excluding carboxylic acids is 1. The Bertz CT molecular complexity index is 437. The molecule has 1 fully saturated rings. The molecule has 0 spiro atoms. The first kappa shape index (κ1) is 10.9. The summed E-state index contributed by atoms with van der Waals surface area (Å²) in [6.07, 6.45) is 6.04. The Hall–Kier alpha value is -1.56. The maximum Gasteiger partial charge on any atom is 0.259 e. The highest BCUT2D eigenvalue weighted by atomic mass is 16.1. The van der Waals surface area contributed by atoms with Crippen LogP contribution in [0.25, 0.3) is 0 Å². The average Bonchev–Trinajstić information content (AvgIpc) is 2.25. The summed E-state index contributed by atoms with van der Waals surface area (Å²) in [7, 11) is 0. The van der Waals surface area contributed by atoms with Gasteiger partial charge in [-0.2, -0.15) is 5.26 Å². The molecule has 2 atom stereocenters. The van der Waals surface area contributed by atoms with Crippen molar-refractivity contribution in [2.45, 2.75) is 26.7 Å². The number of rotatable bonds is 2. The zero-order valence-electron chi connectivity index (χ0n) is 9.66. The van der Waals surface area contributed by atoms with Gasteiger partial charge in [0.25, 0.3) is 5.91 Å². The molecule has 2 N–H and O–H groups in total. The van der Waals surface area contributed by atoms with Crippen LogP contribution in [0.5, 0.6) is 0 Å². The molecule has 0 heterocycles. The molecular weight excluding hydrogens is 200 g/mol. The maximum atomic E-state index is 11.0. The standard InChI is InChI=1S/C13H16N2O/c1-13(2)10-4-3-8(11(13)6-10)5-9(7-14)12(15)16/h3,5,10-11H,4,6H2,1-2H3,(H2,15,16)/b9-5+/t10-,11+/m0/s1. The van der Waals surface area contributed by atoms with Crippen molar-refractivity contribution in [1.82, 2.24) is 0 Å². The van der Waals surface area contributed by atoms with Crippen LogP contribution < -0.4 is 5.73 Å². The van der Waals surface area contributed by atoms with Crippen LogP contribution in [0.4, 0.5) is 0 Å². The average molecular weight is 216 g/mol. The molecule has 3 heteroatoms. The lowest BCUT2D eigenvalue weighted by Crippen LogP contribution is -2.47. The van der Waals surface area contributed by atoms with E-state index in [4.69, 9.17) is 11.0 Å². The molecule has 0 aromatic heterocycles. The predicted molar refractivity (Wildman–Crippen MR) is 61.0 cm³/mol. The molecule has 0 aromatic carbocycles. The van der Waals surface area contributed by atoms with Crippen LogP contribution in [0, 0.1) is 28.6 Å². The Kier molecular flexibility index (Phi) is 2.38. The molecule has 1 amide bonds.